The van der Waals surface area contributed by atoms with Crippen molar-refractivity contribution in [3.63, 3.8) is 0 Å². The highest BCUT2D eigenvalue weighted by molar-refractivity contribution is 5.60. The summed E-state index contributed by atoms with van der Waals surface area (Å²) in [7, 11) is 0. The molecule has 2 aromatic rings. The normalized spacial score (nSPS) is 10.2. The Balaban J connectivity index is 2.49. The molecule has 0 spiro atoms. The molecule has 3 N–H and O–H groups in total. The standard InChI is InChI=1S/C9H7N2O2/c12-7-2-1-6(5-8(7)13)9-10-3-4-11-9/h1-3,5,12-13H,(H,10,11). The van der Waals surface area contributed by atoms with Crippen molar-refractivity contribution in [1.29, 1.82) is 0 Å². The molecule has 13 heavy (non-hydrogen) atoms. The van der Waals surface area contributed by atoms with Crippen LogP contribution < -0.4 is 0 Å². The number of hydrogen-bond donors (Lipinski definition) is 3. The van der Waals surface area contributed by atoms with E-state index >= 15 is 0 Å². The van der Waals surface area contributed by atoms with Crippen molar-refractivity contribution in [2.45, 2.75) is 0 Å². The average molecular weight is 175 g/mol. The van der Waals surface area contributed by atoms with Gasteiger partial charge in [-0.1, -0.05) is 0 Å². The molecule has 0 saturated heterocycles. The van der Waals surface area contributed by atoms with Gasteiger partial charge in [0.25, 0.3) is 0 Å². The fraction of sp³-hybridized carbons (Fsp3) is 0. The van der Waals surface area contributed by atoms with E-state index in [0.29, 0.717) is 11.4 Å². The van der Waals surface area contributed by atoms with E-state index < -0.39 is 0 Å². The number of nitrogens with zero attached hydrogens (tertiary/aromatic N) is 1. The molecule has 0 bridgehead atoms. The fourth-order valence-corrected chi connectivity index (χ4v) is 1.05. The number of nitrogens with one attached hydrogen (secondary N) is 1. The number of imidazole rings is 1. The van der Waals surface area contributed by atoms with Crippen LogP contribution in [-0.2, 0) is 0 Å². The number of hydrogen-bond acceptors (Lipinski definition) is 3. The van der Waals surface area contributed by atoms with E-state index in [4.69, 9.17) is 5.11 Å². The molecule has 0 aliphatic carbocycles. The SMILES string of the molecule is Oc1ccc(-c2n[c]c[nH]2)cc1O. The number of rotatable bonds is 1. The third-order valence-electron chi connectivity index (χ3n) is 1.70. The second-order valence-corrected chi connectivity index (χ2v) is 2.58. The Hall–Kier alpha value is -1.97. The fourth-order valence-electron chi connectivity index (χ4n) is 1.05. The van der Waals surface area contributed by atoms with Gasteiger partial charge in [0.15, 0.2) is 11.5 Å². The Labute approximate surface area is 74.5 Å². The summed E-state index contributed by atoms with van der Waals surface area (Å²) >= 11 is 0. The maximum atomic E-state index is 9.20. The van der Waals surface area contributed by atoms with Gasteiger partial charge in [-0.05, 0) is 18.2 Å². The lowest BCUT2D eigenvalue weighted by Crippen LogP contribution is -1.79. The van der Waals surface area contributed by atoms with E-state index in [0.717, 1.165) is 0 Å². The summed E-state index contributed by atoms with van der Waals surface area (Å²) in [5.41, 5.74) is 0.705. The number of phenolic OH excluding ortho intramolecular Hbond substituents is 2. The molecule has 1 aromatic carbocycles. The predicted octanol–water partition coefficient (Wildman–Crippen LogP) is 1.29. The summed E-state index contributed by atoms with van der Waals surface area (Å²) in [6.45, 7) is 0. The van der Waals surface area contributed by atoms with Crippen LogP contribution in [-0.4, -0.2) is 20.2 Å². The zero-order valence-corrected chi connectivity index (χ0v) is 6.65. The molecule has 1 radical (unpaired) electrons. The van der Waals surface area contributed by atoms with E-state index in [1.807, 2.05) is 0 Å². The molecule has 0 amide bonds. The van der Waals surface area contributed by atoms with Crippen LogP contribution in [0.25, 0.3) is 11.4 Å². The maximum Gasteiger partial charge on any atom is 0.158 e. The van der Waals surface area contributed by atoms with Crippen LogP contribution in [0, 0.1) is 6.20 Å². The molecule has 4 heteroatoms. The first-order valence-electron chi connectivity index (χ1n) is 3.71. The predicted molar refractivity (Wildman–Crippen MR) is 46.2 cm³/mol. The molecular formula is C9H7N2O2. The van der Waals surface area contributed by atoms with Gasteiger partial charge < -0.3 is 15.2 Å². The summed E-state index contributed by atoms with van der Waals surface area (Å²) < 4.78 is 0. The quantitative estimate of drug-likeness (QED) is 0.572. The van der Waals surface area contributed by atoms with E-state index in [1.54, 1.807) is 12.3 Å². The molecule has 0 aliphatic heterocycles. The van der Waals surface area contributed by atoms with Gasteiger partial charge in [-0.3, -0.25) is 0 Å². The van der Waals surface area contributed by atoms with Crippen molar-refractivity contribution in [3.05, 3.63) is 30.6 Å². The second-order valence-electron chi connectivity index (χ2n) is 2.58. The lowest BCUT2D eigenvalue weighted by molar-refractivity contribution is 0.404. The Morgan fingerprint density at radius 3 is 2.69 bits per heavy atom. The lowest BCUT2D eigenvalue weighted by Gasteiger charge is -1.99. The number of phenols is 2. The summed E-state index contributed by atoms with van der Waals surface area (Å²) in [6, 6.07) is 4.50. The highest BCUT2D eigenvalue weighted by Crippen LogP contribution is 2.28. The Kier molecular flexibility index (Phi) is 1.66. The minimum absolute atomic E-state index is 0.140. The first-order chi connectivity index (χ1) is 6.27. The number of aromatic nitrogens is 2. The number of H-pyrrole nitrogens is 1. The van der Waals surface area contributed by atoms with Crippen molar-refractivity contribution in [3.8, 4) is 22.9 Å². The maximum absolute atomic E-state index is 9.20. The number of aromatic amines is 1. The molecule has 2 rings (SSSR count). The topological polar surface area (TPSA) is 69.1 Å². The van der Waals surface area contributed by atoms with E-state index in [1.165, 1.54) is 12.1 Å². The number of benzene rings is 1. The first kappa shape index (κ1) is 7.67. The summed E-state index contributed by atoms with van der Waals surface area (Å²) in [6.07, 6.45) is 4.18. The van der Waals surface area contributed by atoms with Crippen molar-refractivity contribution in [1.82, 2.24) is 9.97 Å². The minimum atomic E-state index is -0.158. The largest absolute Gasteiger partial charge is 0.504 e. The van der Waals surface area contributed by atoms with Crippen LogP contribution in [0.15, 0.2) is 24.4 Å². The van der Waals surface area contributed by atoms with Crippen LogP contribution >= 0.6 is 0 Å². The Bertz CT molecular complexity index is 410. The van der Waals surface area contributed by atoms with Crippen molar-refractivity contribution >= 4 is 0 Å². The number of aromatic hydroxyl groups is 2. The van der Waals surface area contributed by atoms with Crippen LogP contribution in [0.2, 0.25) is 0 Å². The van der Waals surface area contributed by atoms with E-state index in [9.17, 15) is 5.11 Å². The van der Waals surface area contributed by atoms with Gasteiger partial charge in [0, 0.05) is 11.8 Å². The van der Waals surface area contributed by atoms with Gasteiger partial charge in [-0.25, -0.2) is 4.98 Å². The van der Waals surface area contributed by atoms with Crippen LogP contribution in [0.4, 0.5) is 0 Å². The van der Waals surface area contributed by atoms with Crippen molar-refractivity contribution in [2.75, 3.05) is 0 Å². The molecule has 0 fully saturated rings. The first-order valence-corrected chi connectivity index (χ1v) is 3.71. The van der Waals surface area contributed by atoms with Gasteiger partial charge in [0.2, 0.25) is 0 Å². The molecule has 4 nitrogen and oxygen atoms in total. The highest BCUT2D eigenvalue weighted by atomic mass is 16.3. The lowest BCUT2D eigenvalue weighted by atomic mass is 10.2. The van der Waals surface area contributed by atoms with E-state index in [-0.39, 0.29) is 11.5 Å². The van der Waals surface area contributed by atoms with Gasteiger partial charge in [-0.15, -0.1) is 0 Å². The zero-order chi connectivity index (χ0) is 9.26. The second kappa shape index (κ2) is 2.82. The van der Waals surface area contributed by atoms with Gasteiger partial charge >= 0.3 is 0 Å². The zero-order valence-electron chi connectivity index (χ0n) is 6.65. The molecule has 0 aliphatic rings. The van der Waals surface area contributed by atoms with E-state index in [2.05, 4.69) is 16.2 Å². The van der Waals surface area contributed by atoms with Gasteiger partial charge in [0.1, 0.15) is 12.0 Å². The van der Waals surface area contributed by atoms with Crippen molar-refractivity contribution in [2.24, 2.45) is 0 Å². The van der Waals surface area contributed by atoms with Gasteiger partial charge in [-0.2, -0.15) is 0 Å². The molecule has 1 heterocycles. The molecule has 0 unspecified atom stereocenters. The smallest absolute Gasteiger partial charge is 0.158 e. The molecular weight excluding hydrogens is 168 g/mol. The summed E-state index contributed by atoms with van der Waals surface area (Å²) in [5.74, 6) is 0.309. The van der Waals surface area contributed by atoms with Crippen molar-refractivity contribution < 1.29 is 10.2 Å². The molecule has 65 valence electrons. The molecule has 0 saturated carbocycles. The third-order valence-corrected chi connectivity index (χ3v) is 1.70. The summed E-state index contributed by atoms with van der Waals surface area (Å²) in [4.78, 5) is 6.72. The molecule has 1 aromatic heterocycles. The minimum Gasteiger partial charge on any atom is -0.504 e. The Morgan fingerprint density at radius 1 is 1.23 bits per heavy atom. The monoisotopic (exact) mass is 175 g/mol. The van der Waals surface area contributed by atoms with Gasteiger partial charge in [0.05, 0.1) is 0 Å². The molecule has 0 atom stereocenters. The summed E-state index contributed by atoms with van der Waals surface area (Å²) in [5, 5.41) is 18.2. The van der Waals surface area contributed by atoms with Crippen LogP contribution in [0.3, 0.4) is 0 Å². The Morgan fingerprint density at radius 2 is 2.08 bits per heavy atom. The highest BCUT2D eigenvalue weighted by Gasteiger charge is 2.03. The third kappa shape index (κ3) is 1.33. The van der Waals surface area contributed by atoms with Crippen LogP contribution in [0.5, 0.6) is 11.5 Å². The van der Waals surface area contributed by atoms with Crippen LogP contribution in [0.1, 0.15) is 0 Å². The average Bonchev–Trinajstić information content (AvgIpc) is 2.62.